The highest BCUT2D eigenvalue weighted by molar-refractivity contribution is 5.80. The van der Waals surface area contributed by atoms with Crippen LogP contribution in [0.15, 0.2) is 12.7 Å². The highest BCUT2D eigenvalue weighted by Crippen LogP contribution is 1.93. The SMILES string of the molecule is C=CCCCN(C)C(=O)NCC(=O)OCC. The van der Waals surface area contributed by atoms with Gasteiger partial charge in [0.15, 0.2) is 0 Å². The maximum Gasteiger partial charge on any atom is 0.325 e. The number of rotatable bonds is 7. The molecule has 0 radical (unpaired) electrons. The van der Waals surface area contributed by atoms with Gasteiger partial charge < -0.3 is 15.0 Å². The molecule has 0 rings (SSSR count). The molecule has 0 unspecified atom stereocenters. The van der Waals surface area contributed by atoms with E-state index in [0.717, 1.165) is 12.8 Å². The van der Waals surface area contributed by atoms with Gasteiger partial charge in [-0.3, -0.25) is 4.79 Å². The normalized spacial score (nSPS) is 9.38. The lowest BCUT2D eigenvalue weighted by molar-refractivity contribution is -0.141. The number of esters is 1. The van der Waals surface area contributed by atoms with Crippen LogP contribution in [0.5, 0.6) is 0 Å². The van der Waals surface area contributed by atoms with Gasteiger partial charge in [-0.25, -0.2) is 4.79 Å². The number of unbranched alkanes of at least 4 members (excludes halogenated alkanes) is 1. The van der Waals surface area contributed by atoms with Gasteiger partial charge in [-0.2, -0.15) is 0 Å². The zero-order chi connectivity index (χ0) is 12.4. The van der Waals surface area contributed by atoms with Crippen molar-refractivity contribution in [3.05, 3.63) is 12.7 Å². The lowest BCUT2D eigenvalue weighted by atomic mass is 10.3. The van der Waals surface area contributed by atoms with E-state index in [1.54, 1.807) is 14.0 Å². The first kappa shape index (κ1) is 14.5. The van der Waals surface area contributed by atoms with Gasteiger partial charge in [0, 0.05) is 13.6 Å². The molecule has 92 valence electrons. The Morgan fingerprint density at radius 1 is 1.50 bits per heavy atom. The number of nitrogens with one attached hydrogen (secondary N) is 1. The van der Waals surface area contributed by atoms with E-state index in [4.69, 9.17) is 0 Å². The van der Waals surface area contributed by atoms with Gasteiger partial charge in [-0.05, 0) is 19.8 Å². The predicted molar refractivity (Wildman–Crippen MR) is 62.1 cm³/mol. The first-order valence-corrected chi connectivity index (χ1v) is 5.37. The fourth-order valence-electron chi connectivity index (χ4n) is 1.07. The molecule has 0 aromatic rings. The second-order valence-corrected chi connectivity index (χ2v) is 3.32. The molecule has 0 saturated carbocycles. The Balaban J connectivity index is 3.70. The minimum Gasteiger partial charge on any atom is -0.465 e. The van der Waals surface area contributed by atoms with Crippen molar-refractivity contribution in [1.82, 2.24) is 10.2 Å². The first-order chi connectivity index (χ1) is 7.61. The molecule has 5 heteroatoms. The summed E-state index contributed by atoms with van der Waals surface area (Å²) in [6.07, 6.45) is 3.55. The van der Waals surface area contributed by atoms with Gasteiger partial charge in [0.1, 0.15) is 6.54 Å². The molecule has 0 aromatic carbocycles. The third kappa shape index (κ3) is 6.86. The van der Waals surface area contributed by atoms with Gasteiger partial charge >= 0.3 is 12.0 Å². The van der Waals surface area contributed by atoms with Crippen molar-refractivity contribution in [2.45, 2.75) is 19.8 Å². The molecule has 0 aromatic heterocycles. The molecule has 0 saturated heterocycles. The summed E-state index contributed by atoms with van der Waals surface area (Å²) in [5.41, 5.74) is 0. The molecule has 0 spiro atoms. The minimum absolute atomic E-state index is 0.0848. The van der Waals surface area contributed by atoms with E-state index < -0.39 is 5.97 Å². The molecule has 0 aliphatic carbocycles. The monoisotopic (exact) mass is 228 g/mol. The summed E-state index contributed by atoms with van der Waals surface area (Å²) in [6, 6.07) is -0.267. The first-order valence-electron chi connectivity index (χ1n) is 5.37. The van der Waals surface area contributed by atoms with E-state index in [1.807, 2.05) is 6.08 Å². The zero-order valence-corrected chi connectivity index (χ0v) is 9.99. The highest BCUT2D eigenvalue weighted by Gasteiger charge is 2.09. The molecule has 16 heavy (non-hydrogen) atoms. The van der Waals surface area contributed by atoms with Gasteiger partial charge in [0.25, 0.3) is 0 Å². The topological polar surface area (TPSA) is 58.6 Å². The Bertz CT molecular complexity index is 241. The van der Waals surface area contributed by atoms with E-state index in [-0.39, 0.29) is 12.6 Å². The van der Waals surface area contributed by atoms with Crippen molar-refractivity contribution >= 4 is 12.0 Å². The summed E-state index contributed by atoms with van der Waals surface area (Å²) in [6.45, 7) is 6.20. The fourth-order valence-corrected chi connectivity index (χ4v) is 1.07. The molecule has 1 N–H and O–H groups in total. The smallest absolute Gasteiger partial charge is 0.325 e. The van der Waals surface area contributed by atoms with E-state index >= 15 is 0 Å². The number of carbonyl (C=O) groups excluding carboxylic acids is 2. The van der Waals surface area contributed by atoms with E-state index in [9.17, 15) is 9.59 Å². The van der Waals surface area contributed by atoms with Crippen LogP contribution in [0, 0.1) is 0 Å². The minimum atomic E-state index is -0.421. The van der Waals surface area contributed by atoms with Crippen LogP contribution >= 0.6 is 0 Å². The average molecular weight is 228 g/mol. The Labute approximate surface area is 96.4 Å². The molecular weight excluding hydrogens is 208 g/mol. The zero-order valence-electron chi connectivity index (χ0n) is 9.99. The van der Waals surface area contributed by atoms with Crippen LogP contribution < -0.4 is 5.32 Å². The van der Waals surface area contributed by atoms with Gasteiger partial charge in [0.2, 0.25) is 0 Å². The summed E-state index contributed by atoms with van der Waals surface area (Å²) >= 11 is 0. The molecule has 0 fully saturated rings. The molecule has 0 atom stereocenters. The Kier molecular flexibility index (Phi) is 7.93. The van der Waals surface area contributed by atoms with Crippen molar-refractivity contribution in [1.29, 1.82) is 0 Å². The van der Waals surface area contributed by atoms with Gasteiger partial charge in [0.05, 0.1) is 6.61 Å². The Hall–Kier alpha value is -1.52. The lowest BCUT2D eigenvalue weighted by Crippen LogP contribution is -2.40. The second-order valence-electron chi connectivity index (χ2n) is 3.32. The Morgan fingerprint density at radius 2 is 2.19 bits per heavy atom. The van der Waals surface area contributed by atoms with Crippen molar-refractivity contribution in [2.24, 2.45) is 0 Å². The van der Waals surface area contributed by atoms with Gasteiger partial charge in [-0.1, -0.05) is 6.08 Å². The summed E-state index contributed by atoms with van der Waals surface area (Å²) < 4.78 is 4.69. The summed E-state index contributed by atoms with van der Waals surface area (Å²) in [4.78, 5) is 23.9. The quantitative estimate of drug-likeness (QED) is 0.404. The van der Waals surface area contributed by atoms with Crippen LogP contribution in [0.3, 0.4) is 0 Å². The molecule has 2 amide bonds. The third-order valence-electron chi connectivity index (χ3n) is 1.94. The number of hydrogen-bond donors (Lipinski definition) is 1. The van der Waals surface area contributed by atoms with E-state index in [2.05, 4.69) is 16.6 Å². The van der Waals surface area contributed by atoms with Crippen LogP contribution in [0.25, 0.3) is 0 Å². The third-order valence-corrected chi connectivity index (χ3v) is 1.94. The number of carbonyl (C=O) groups is 2. The van der Waals surface area contributed by atoms with Crippen molar-refractivity contribution < 1.29 is 14.3 Å². The molecule has 5 nitrogen and oxygen atoms in total. The van der Waals surface area contributed by atoms with Crippen molar-refractivity contribution in [3.63, 3.8) is 0 Å². The number of hydrogen-bond acceptors (Lipinski definition) is 3. The summed E-state index contributed by atoms with van der Waals surface area (Å²) in [7, 11) is 1.68. The van der Waals surface area contributed by atoms with Crippen LogP contribution in [0.2, 0.25) is 0 Å². The molecule has 0 bridgehead atoms. The number of urea groups is 1. The van der Waals surface area contributed by atoms with Crippen molar-refractivity contribution in [2.75, 3.05) is 26.7 Å². The lowest BCUT2D eigenvalue weighted by Gasteiger charge is -2.17. The molecule has 0 aliphatic heterocycles. The molecule has 0 heterocycles. The van der Waals surface area contributed by atoms with E-state index in [1.165, 1.54) is 4.90 Å². The van der Waals surface area contributed by atoms with Crippen LogP contribution in [0.1, 0.15) is 19.8 Å². The largest absolute Gasteiger partial charge is 0.465 e. The van der Waals surface area contributed by atoms with Gasteiger partial charge in [-0.15, -0.1) is 6.58 Å². The standard InChI is InChI=1S/C11H20N2O3/c1-4-6-7-8-13(3)11(15)12-9-10(14)16-5-2/h4H,1,5-9H2,2-3H3,(H,12,15). The average Bonchev–Trinajstić information content (AvgIpc) is 2.26. The number of ether oxygens (including phenoxy) is 1. The highest BCUT2D eigenvalue weighted by atomic mass is 16.5. The molecular formula is C11H20N2O3. The predicted octanol–water partition coefficient (Wildman–Crippen LogP) is 1.16. The van der Waals surface area contributed by atoms with Crippen molar-refractivity contribution in [3.8, 4) is 0 Å². The van der Waals surface area contributed by atoms with E-state index in [0.29, 0.717) is 13.2 Å². The van der Waals surface area contributed by atoms with Crippen LogP contribution in [0.4, 0.5) is 4.79 Å². The van der Waals surface area contributed by atoms with Crippen LogP contribution in [-0.4, -0.2) is 43.6 Å². The number of allylic oxidation sites excluding steroid dienone is 1. The number of amides is 2. The maximum absolute atomic E-state index is 11.4. The molecule has 0 aliphatic rings. The summed E-state index contributed by atoms with van der Waals surface area (Å²) in [5.74, 6) is -0.421. The number of nitrogens with zero attached hydrogens (tertiary/aromatic N) is 1. The Morgan fingerprint density at radius 3 is 2.75 bits per heavy atom. The van der Waals surface area contributed by atoms with Crippen LogP contribution in [-0.2, 0) is 9.53 Å². The second kappa shape index (κ2) is 8.76. The fraction of sp³-hybridized carbons (Fsp3) is 0.636. The summed E-state index contributed by atoms with van der Waals surface area (Å²) in [5, 5.41) is 2.48. The maximum atomic E-state index is 11.4.